The maximum Gasteiger partial charge on any atom is 0.295 e. The van der Waals surface area contributed by atoms with Crippen molar-refractivity contribution in [3.63, 3.8) is 0 Å². The van der Waals surface area contributed by atoms with Gasteiger partial charge in [0.2, 0.25) is 0 Å². The molecule has 0 atom stereocenters. The Morgan fingerprint density at radius 3 is 1.97 bits per heavy atom. The van der Waals surface area contributed by atoms with Crippen molar-refractivity contribution in [2.24, 2.45) is 0 Å². The predicted molar refractivity (Wildman–Crippen MR) is 121 cm³/mol. The first-order valence-electron chi connectivity index (χ1n) is 13.4. The Labute approximate surface area is 195 Å². The summed E-state index contributed by atoms with van der Waals surface area (Å²) in [5.41, 5.74) is -1.98. The van der Waals surface area contributed by atoms with E-state index in [0.717, 1.165) is 6.07 Å². The lowest BCUT2D eigenvalue weighted by Gasteiger charge is -2.18. The number of nitro benzene ring substituents is 1. The van der Waals surface area contributed by atoms with Crippen LogP contribution in [0.3, 0.4) is 0 Å². The van der Waals surface area contributed by atoms with Gasteiger partial charge in [-0.1, -0.05) is 78.6 Å². The Kier molecular flexibility index (Phi) is 3.12. The van der Waals surface area contributed by atoms with E-state index >= 15 is 0 Å². The van der Waals surface area contributed by atoms with Crippen molar-refractivity contribution in [1.29, 1.82) is 0 Å². The highest BCUT2D eigenvalue weighted by Gasteiger charge is 2.20. The normalized spacial score (nSPS) is 15.3. The van der Waals surface area contributed by atoms with E-state index in [2.05, 4.69) is 21.2 Å². The van der Waals surface area contributed by atoms with E-state index in [4.69, 9.17) is 13.7 Å². The van der Waals surface area contributed by atoms with Gasteiger partial charge in [0.1, 0.15) is 11.5 Å². The number of benzene rings is 4. The molecule has 0 saturated carbocycles. The molecule has 0 spiro atoms. The average molecular weight is 473 g/mol. The molecule has 0 saturated heterocycles. The minimum absolute atomic E-state index is 0.0870. The zero-order valence-electron chi connectivity index (χ0n) is 24.9. The van der Waals surface area contributed by atoms with Crippen molar-refractivity contribution < 1.29 is 23.0 Å². The molecule has 0 radical (unpaired) electrons. The van der Waals surface area contributed by atoms with Crippen molar-refractivity contribution in [2.45, 2.75) is 0 Å². The van der Waals surface area contributed by atoms with Crippen LogP contribution >= 0.6 is 15.9 Å². The lowest BCUT2D eigenvalue weighted by atomic mass is 9.95. The smallest absolute Gasteiger partial charge is 0.295 e. The summed E-state index contributed by atoms with van der Waals surface area (Å²) in [6.07, 6.45) is 0. The second kappa shape index (κ2) is 8.47. The van der Waals surface area contributed by atoms with E-state index in [0.29, 0.717) is 6.07 Å². The van der Waals surface area contributed by atoms with Crippen LogP contribution in [0.1, 0.15) is 13.7 Å². The van der Waals surface area contributed by atoms with Crippen LogP contribution in [0.15, 0.2) is 95.2 Å². The van der Waals surface area contributed by atoms with Crippen LogP contribution < -0.4 is 5.32 Å². The first-order valence-corrected chi connectivity index (χ1v) is 9.16. The average Bonchev–Trinajstić information content (AvgIpc) is 2.91. The largest absolute Gasteiger partial charge is 0.349 e. The van der Waals surface area contributed by atoms with Gasteiger partial charge in [-0.25, -0.2) is 4.39 Å². The summed E-state index contributed by atoms with van der Waals surface area (Å²) < 4.78 is 96.1. The molecule has 0 unspecified atom stereocenters. The van der Waals surface area contributed by atoms with E-state index in [1.54, 1.807) is 0 Å². The molecule has 6 heteroatoms. The third kappa shape index (κ3) is 3.95. The van der Waals surface area contributed by atoms with Gasteiger partial charge in [-0.05, 0) is 33.1 Å². The Balaban J connectivity index is 2.18. The van der Waals surface area contributed by atoms with E-state index in [9.17, 15) is 14.5 Å². The van der Waals surface area contributed by atoms with Crippen LogP contribution in [0, 0.1) is 15.9 Å². The molecular weight excluding hydrogens is 447 g/mol. The number of anilines is 2. The summed E-state index contributed by atoms with van der Waals surface area (Å²) in [4.78, 5) is 10.9. The van der Waals surface area contributed by atoms with Crippen LogP contribution in [-0.2, 0) is 0 Å². The molecule has 4 nitrogen and oxygen atoms in total. The van der Waals surface area contributed by atoms with Crippen LogP contribution in [-0.4, -0.2) is 4.92 Å². The monoisotopic (exact) mass is 472 g/mol. The van der Waals surface area contributed by atoms with Crippen LogP contribution in [0.5, 0.6) is 0 Å². The SMILES string of the molecule is [2H]c1c([2H])c([2H])c(-c2cccc(-c3c([2H])c([2H])c([2H])c([2H])c3[2H])c2Nc2cc(Br)c(F)cc2[N+](=O)[O-])c([2H])c1[2H]. The summed E-state index contributed by atoms with van der Waals surface area (Å²) in [5, 5.41) is 14.5. The van der Waals surface area contributed by atoms with Gasteiger partial charge in [-0.2, -0.15) is 0 Å². The fourth-order valence-corrected chi connectivity index (χ4v) is 3.14. The molecule has 1 N–H and O–H groups in total. The Morgan fingerprint density at radius 2 is 1.47 bits per heavy atom. The van der Waals surface area contributed by atoms with Crippen molar-refractivity contribution in [3.8, 4) is 22.3 Å². The first-order chi connectivity index (χ1) is 18.7. The molecule has 4 rings (SSSR count). The maximum absolute atomic E-state index is 14.2. The molecular formula is C24H16BrFN2O2. The summed E-state index contributed by atoms with van der Waals surface area (Å²) in [6.45, 7) is 0. The van der Waals surface area contributed by atoms with Gasteiger partial charge in [0.05, 0.1) is 34.9 Å². The van der Waals surface area contributed by atoms with Crippen LogP contribution in [0.2, 0.25) is 0 Å². The van der Waals surface area contributed by atoms with Crippen molar-refractivity contribution in [1.82, 2.24) is 0 Å². The quantitative estimate of drug-likeness (QED) is 0.240. The fraction of sp³-hybridized carbons (Fsp3) is 0. The summed E-state index contributed by atoms with van der Waals surface area (Å²) in [6, 6.07) is -0.630. The number of nitro groups is 1. The zero-order chi connectivity index (χ0) is 29.8. The minimum Gasteiger partial charge on any atom is -0.349 e. The van der Waals surface area contributed by atoms with Crippen molar-refractivity contribution in [3.05, 3.63) is 111 Å². The molecule has 0 aliphatic heterocycles. The fourth-order valence-electron chi connectivity index (χ4n) is 2.80. The molecule has 30 heavy (non-hydrogen) atoms. The second-order valence-electron chi connectivity index (χ2n) is 5.89. The maximum atomic E-state index is 14.2. The molecule has 0 amide bonds. The number of rotatable bonds is 5. The van der Waals surface area contributed by atoms with Crippen LogP contribution in [0.4, 0.5) is 21.5 Å². The number of nitrogens with zero attached hydrogens (tertiary/aromatic N) is 1. The lowest BCUT2D eigenvalue weighted by molar-refractivity contribution is -0.384. The molecule has 0 fully saturated rings. The Hall–Kier alpha value is -3.51. The molecule has 0 aliphatic rings. The van der Waals surface area contributed by atoms with E-state index in [1.807, 2.05) is 0 Å². The summed E-state index contributed by atoms with van der Waals surface area (Å²) >= 11 is 2.97. The molecule has 4 aromatic rings. The standard InChI is InChI=1S/C24H16BrFN2O2/c25-20-14-22(23(28(29)30)15-21(20)26)27-24-18(16-8-3-1-4-9-16)12-7-13-19(24)17-10-5-2-6-11-17/h1-15,27H/i1D,2D,3D,4D,5D,6D,8D,9D,10D,11D. The third-order valence-electron chi connectivity index (χ3n) is 4.10. The van der Waals surface area contributed by atoms with Crippen molar-refractivity contribution in [2.75, 3.05) is 5.32 Å². The number of para-hydroxylation sites is 1. The number of halogens is 2. The lowest BCUT2D eigenvalue weighted by Crippen LogP contribution is -2.01. The molecule has 148 valence electrons. The molecule has 0 aliphatic carbocycles. The van der Waals surface area contributed by atoms with Gasteiger partial charge >= 0.3 is 0 Å². The van der Waals surface area contributed by atoms with E-state index < -0.39 is 76.9 Å². The van der Waals surface area contributed by atoms with Gasteiger partial charge in [-0.15, -0.1) is 0 Å². The molecule has 0 aromatic heterocycles. The minimum atomic E-state index is -0.943. The van der Waals surface area contributed by atoms with E-state index in [-0.39, 0.29) is 38.1 Å². The highest BCUT2D eigenvalue weighted by atomic mass is 79.9. The van der Waals surface area contributed by atoms with Gasteiger partial charge in [-0.3, -0.25) is 10.1 Å². The Bertz CT molecular complexity index is 1610. The van der Waals surface area contributed by atoms with Gasteiger partial charge in [0, 0.05) is 11.1 Å². The summed E-state index contributed by atoms with van der Waals surface area (Å²) in [7, 11) is 0. The number of nitrogens with one attached hydrogen (secondary N) is 1. The van der Waals surface area contributed by atoms with Gasteiger partial charge in [0.15, 0.2) is 0 Å². The first kappa shape index (κ1) is 11.0. The van der Waals surface area contributed by atoms with Crippen molar-refractivity contribution >= 4 is 33.0 Å². The third-order valence-corrected chi connectivity index (χ3v) is 4.71. The highest BCUT2D eigenvalue weighted by Crippen LogP contribution is 2.41. The zero-order valence-corrected chi connectivity index (χ0v) is 16.5. The number of hydrogen-bond acceptors (Lipinski definition) is 3. The van der Waals surface area contributed by atoms with E-state index in [1.165, 1.54) is 18.2 Å². The van der Waals surface area contributed by atoms with Gasteiger partial charge in [0.25, 0.3) is 5.69 Å². The highest BCUT2D eigenvalue weighted by molar-refractivity contribution is 9.10. The molecule has 0 heterocycles. The van der Waals surface area contributed by atoms with Crippen LogP contribution in [0.25, 0.3) is 22.3 Å². The topological polar surface area (TPSA) is 55.2 Å². The molecule has 4 aromatic carbocycles. The molecule has 0 bridgehead atoms. The second-order valence-corrected chi connectivity index (χ2v) is 6.75. The number of hydrogen-bond donors (Lipinski definition) is 1. The summed E-state index contributed by atoms with van der Waals surface area (Å²) in [5.74, 6) is -0.943. The predicted octanol–water partition coefficient (Wildman–Crippen LogP) is 7.57. The Morgan fingerprint density at radius 1 is 0.933 bits per heavy atom. The van der Waals surface area contributed by atoms with Gasteiger partial charge < -0.3 is 5.32 Å².